The van der Waals surface area contributed by atoms with Gasteiger partial charge < -0.3 is 9.15 Å². The molecule has 4 heteroatoms. The molecular weight excluding hydrogens is 258 g/mol. The van der Waals surface area contributed by atoms with Crippen molar-refractivity contribution in [2.24, 2.45) is 0 Å². The Bertz CT molecular complexity index is 397. The Labute approximate surface area is 96.2 Å². The number of furan rings is 1. The number of aromatic nitrogens is 1. The van der Waals surface area contributed by atoms with Crippen LogP contribution < -0.4 is 0 Å². The van der Waals surface area contributed by atoms with Crippen LogP contribution in [0.1, 0.15) is 11.5 Å². The first-order chi connectivity index (χ1) is 7.34. The Hall–Kier alpha value is -1.13. The molecule has 0 atom stereocenters. The molecule has 0 N–H and O–H groups in total. The minimum Gasteiger partial charge on any atom is -0.467 e. The van der Waals surface area contributed by atoms with Crippen LogP contribution in [0.4, 0.5) is 0 Å². The van der Waals surface area contributed by atoms with Gasteiger partial charge in [-0.2, -0.15) is 0 Å². The van der Waals surface area contributed by atoms with Gasteiger partial charge in [-0.3, -0.25) is 4.98 Å². The highest BCUT2D eigenvalue weighted by molar-refractivity contribution is 9.10. The number of ether oxygens (including phenoxy) is 1. The Balaban J connectivity index is 1.81. The molecule has 0 saturated heterocycles. The van der Waals surface area contributed by atoms with Gasteiger partial charge in [-0.25, -0.2) is 0 Å². The molecule has 15 heavy (non-hydrogen) atoms. The summed E-state index contributed by atoms with van der Waals surface area (Å²) in [4.78, 5) is 4.19. The average molecular weight is 268 g/mol. The minimum absolute atomic E-state index is 0.477. The Kier molecular flexibility index (Phi) is 3.53. The number of hydrogen-bond acceptors (Lipinski definition) is 3. The Morgan fingerprint density at radius 3 is 2.87 bits per heavy atom. The lowest BCUT2D eigenvalue weighted by Crippen LogP contribution is -1.95. The summed E-state index contributed by atoms with van der Waals surface area (Å²) in [6.07, 6.45) is 3.39. The highest BCUT2D eigenvalue weighted by Gasteiger charge is 1.97. The molecule has 0 unspecified atom stereocenters. The maximum atomic E-state index is 5.43. The molecule has 0 amide bonds. The zero-order chi connectivity index (χ0) is 10.5. The highest BCUT2D eigenvalue weighted by Crippen LogP contribution is 2.09. The van der Waals surface area contributed by atoms with Crippen molar-refractivity contribution < 1.29 is 9.15 Å². The number of hydrogen-bond donors (Lipinski definition) is 0. The zero-order valence-electron chi connectivity index (χ0n) is 8.02. The molecule has 0 spiro atoms. The topological polar surface area (TPSA) is 35.3 Å². The van der Waals surface area contributed by atoms with E-state index in [1.807, 2.05) is 24.3 Å². The van der Waals surface area contributed by atoms with Gasteiger partial charge in [0.1, 0.15) is 12.4 Å². The van der Waals surface area contributed by atoms with E-state index in [1.165, 1.54) is 0 Å². The summed E-state index contributed by atoms with van der Waals surface area (Å²) in [7, 11) is 0. The molecule has 0 fully saturated rings. The third-order valence-electron chi connectivity index (χ3n) is 1.86. The minimum atomic E-state index is 0.477. The van der Waals surface area contributed by atoms with Crippen molar-refractivity contribution in [3.8, 4) is 0 Å². The first kappa shape index (κ1) is 10.4. The summed E-state index contributed by atoms with van der Waals surface area (Å²) in [5.74, 6) is 0.826. The standard InChI is InChI=1S/C11H10BrNO2/c12-9-3-4-10(13-6-9)7-14-8-11-2-1-5-15-11/h1-6H,7-8H2. The number of rotatable bonds is 4. The van der Waals surface area contributed by atoms with Gasteiger partial charge in [0, 0.05) is 10.7 Å². The van der Waals surface area contributed by atoms with Crippen LogP contribution in [-0.4, -0.2) is 4.98 Å². The van der Waals surface area contributed by atoms with Crippen molar-refractivity contribution in [3.05, 3.63) is 52.7 Å². The maximum absolute atomic E-state index is 5.43. The van der Waals surface area contributed by atoms with Gasteiger partial charge in [-0.05, 0) is 40.2 Å². The molecule has 0 saturated carbocycles. The van der Waals surface area contributed by atoms with Crippen LogP contribution in [0.3, 0.4) is 0 Å². The predicted molar refractivity (Wildman–Crippen MR) is 59.1 cm³/mol. The molecule has 0 aliphatic rings. The van der Waals surface area contributed by atoms with Crippen molar-refractivity contribution in [1.29, 1.82) is 0 Å². The van der Waals surface area contributed by atoms with E-state index in [-0.39, 0.29) is 0 Å². The largest absolute Gasteiger partial charge is 0.467 e. The lowest BCUT2D eigenvalue weighted by Gasteiger charge is -2.01. The fourth-order valence-electron chi connectivity index (χ4n) is 1.14. The van der Waals surface area contributed by atoms with Gasteiger partial charge >= 0.3 is 0 Å². The fraction of sp³-hybridized carbons (Fsp3) is 0.182. The van der Waals surface area contributed by atoms with Gasteiger partial charge in [0.05, 0.1) is 18.6 Å². The maximum Gasteiger partial charge on any atom is 0.129 e. The van der Waals surface area contributed by atoms with E-state index in [0.717, 1.165) is 15.9 Å². The van der Waals surface area contributed by atoms with Gasteiger partial charge in [0.2, 0.25) is 0 Å². The highest BCUT2D eigenvalue weighted by atomic mass is 79.9. The SMILES string of the molecule is Brc1ccc(COCc2ccco2)nc1. The summed E-state index contributed by atoms with van der Waals surface area (Å²) in [6, 6.07) is 7.59. The average Bonchev–Trinajstić information content (AvgIpc) is 2.74. The fourth-order valence-corrected chi connectivity index (χ4v) is 1.38. The molecule has 2 aromatic heterocycles. The van der Waals surface area contributed by atoms with Crippen molar-refractivity contribution in [1.82, 2.24) is 4.98 Å². The van der Waals surface area contributed by atoms with E-state index in [1.54, 1.807) is 12.5 Å². The third kappa shape index (κ3) is 3.18. The number of pyridine rings is 1. The number of halogens is 1. The van der Waals surface area contributed by atoms with Crippen molar-refractivity contribution in [2.75, 3.05) is 0 Å². The summed E-state index contributed by atoms with van der Waals surface area (Å²) < 4.78 is 11.5. The second kappa shape index (κ2) is 5.09. The number of nitrogens with zero attached hydrogens (tertiary/aromatic N) is 1. The van der Waals surface area contributed by atoms with Crippen molar-refractivity contribution in [3.63, 3.8) is 0 Å². The predicted octanol–water partition coefficient (Wildman–Crippen LogP) is 3.15. The monoisotopic (exact) mass is 267 g/mol. The Morgan fingerprint density at radius 1 is 1.27 bits per heavy atom. The molecular formula is C11H10BrNO2. The van der Waals surface area contributed by atoms with Gasteiger partial charge in [-0.15, -0.1) is 0 Å². The van der Waals surface area contributed by atoms with Crippen LogP contribution >= 0.6 is 15.9 Å². The smallest absolute Gasteiger partial charge is 0.129 e. The molecule has 2 rings (SSSR count). The van der Waals surface area contributed by atoms with E-state index in [2.05, 4.69) is 20.9 Å². The van der Waals surface area contributed by atoms with Crippen LogP contribution in [0.5, 0.6) is 0 Å². The van der Waals surface area contributed by atoms with Crippen LogP contribution in [0, 0.1) is 0 Å². The normalized spacial score (nSPS) is 10.5. The van der Waals surface area contributed by atoms with E-state index < -0.39 is 0 Å². The molecule has 3 nitrogen and oxygen atoms in total. The zero-order valence-corrected chi connectivity index (χ0v) is 9.61. The van der Waals surface area contributed by atoms with E-state index in [0.29, 0.717) is 13.2 Å². The Morgan fingerprint density at radius 2 is 2.20 bits per heavy atom. The van der Waals surface area contributed by atoms with Crippen LogP contribution in [0.2, 0.25) is 0 Å². The lowest BCUT2D eigenvalue weighted by molar-refractivity contribution is 0.0906. The summed E-state index contributed by atoms with van der Waals surface area (Å²) in [5, 5.41) is 0. The molecule has 0 aromatic carbocycles. The summed E-state index contributed by atoms with van der Waals surface area (Å²) in [6.45, 7) is 0.971. The van der Waals surface area contributed by atoms with Gasteiger partial charge in [0.15, 0.2) is 0 Å². The first-order valence-corrected chi connectivity index (χ1v) is 5.34. The lowest BCUT2D eigenvalue weighted by atomic mass is 10.4. The molecule has 0 radical (unpaired) electrons. The van der Waals surface area contributed by atoms with Crippen LogP contribution in [0.25, 0.3) is 0 Å². The summed E-state index contributed by atoms with van der Waals surface area (Å²) in [5.41, 5.74) is 0.907. The third-order valence-corrected chi connectivity index (χ3v) is 2.33. The second-order valence-electron chi connectivity index (χ2n) is 3.04. The molecule has 78 valence electrons. The molecule has 0 bridgehead atoms. The van der Waals surface area contributed by atoms with E-state index in [9.17, 15) is 0 Å². The quantitative estimate of drug-likeness (QED) is 0.854. The van der Waals surface area contributed by atoms with E-state index in [4.69, 9.17) is 9.15 Å². The molecule has 2 aromatic rings. The molecule has 0 aliphatic carbocycles. The molecule has 0 aliphatic heterocycles. The van der Waals surface area contributed by atoms with E-state index >= 15 is 0 Å². The molecule has 2 heterocycles. The second-order valence-corrected chi connectivity index (χ2v) is 3.96. The summed E-state index contributed by atoms with van der Waals surface area (Å²) >= 11 is 3.33. The van der Waals surface area contributed by atoms with Crippen molar-refractivity contribution >= 4 is 15.9 Å². The van der Waals surface area contributed by atoms with Gasteiger partial charge in [0.25, 0.3) is 0 Å². The van der Waals surface area contributed by atoms with Crippen molar-refractivity contribution in [2.45, 2.75) is 13.2 Å². The first-order valence-electron chi connectivity index (χ1n) is 4.55. The van der Waals surface area contributed by atoms with Gasteiger partial charge in [-0.1, -0.05) is 0 Å². The van der Waals surface area contributed by atoms with Crippen LogP contribution in [0.15, 0.2) is 45.6 Å². The van der Waals surface area contributed by atoms with Crippen LogP contribution in [-0.2, 0) is 18.0 Å².